The van der Waals surface area contributed by atoms with Gasteiger partial charge in [-0.15, -0.1) is 0 Å². The molecule has 0 aromatic heterocycles. The molecule has 3 unspecified atom stereocenters. The molecule has 0 aliphatic carbocycles. The maximum atomic E-state index is 12.9. The highest BCUT2D eigenvalue weighted by atomic mass is 31.2. The lowest BCUT2D eigenvalue weighted by molar-refractivity contribution is 0.0634. The highest BCUT2D eigenvalue weighted by molar-refractivity contribution is 7.61. The van der Waals surface area contributed by atoms with Gasteiger partial charge in [-0.1, -0.05) is 32.0 Å². The zero-order valence-electron chi connectivity index (χ0n) is 16.7. The molecule has 0 fully saturated rings. The normalized spacial score (nSPS) is 16.9. The fourth-order valence-corrected chi connectivity index (χ4v) is 7.36. The highest BCUT2D eigenvalue weighted by Crippen LogP contribution is 2.45. The van der Waals surface area contributed by atoms with Gasteiger partial charge in [0.1, 0.15) is 0 Å². The molecular formula is C18H33O6PSi. The summed E-state index contributed by atoms with van der Waals surface area (Å²) in [6, 6.07) is 7.03. The number of benzene rings is 1. The Morgan fingerprint density at radius 1 is 1.00 bits per heavy atom. The van der Waals surface area contributed by atoms with Crippen LogP contribution in [0.1, 0.15) is 59.1 Å². The van der Waals surface area contributed by atoms with Crippen molar-refractivity contribution in [3.63, 3.8) is 0 Å². The highest BCUT2D eigenvalue weighted by Gasteiger charge is 2.49. The molecule has 3 atom stereocenters. The first-order valence-corrected chi connectivity index (χ1v) is 12.7. The van der Waals surface area contributed by atoms with Crippen LogP contribution in [0.3, 0.4) is 0 Å². The van der Waals surface area contributed by atoms with Crippen LogP contribution in [0.15, 0.2) is 24.3 Å². The van der Waals surface area contributed by atoms with E-state index >= 15 is 0 Å². The number of hydrogen-bond acceptors (Lipinski definition) is 5. The van der Waals surface area contributed by atoms with Gasteiger partial charge in [0, 0.05) is 19.8 Å². The molecule has 0 heterocycles. The van der Waals surface area contributed by atoms with E-state index in [1.54, 1.807) is 19.1 Å². The monoisotopic (exact) mass is 404 g/mol. The molecule has 0 saturated carbocycles. The van der Waals surface area contributed by atoms with E-state index in [1.165, 1.54) is 0 Å². The summed E-state index contributed by atoms with van der Waals surface area (Å²) in [6.07, 6.45) is 0.333. The molecule has 1 N–H and O–H groups in total. The standard InChI is InChI=1S/C18H33O6PSi/c1-7-15(5)24-25(19,20)18-14-12-11-13-17(18)16(6)26(21-8-2,22-9-3)23-10-4/h11-16H,7-10H2,1-6H3,(H,19,20). The molecule has 0 aliphatic heterocycles. The van der Waals surface area contributed by atoms with E-state index in [0.29, 0.717) is 31.8 Å². The second kappa shape index (κ2) is 10.7. The predicted octanol–water partition coefficient (Wildman–Crippen LogP) is 4.00. The third kappa shape index (κ3) is 5.73. The van der Waals surface area contributed by atoms with Gasteiger partial charge in [-0.05, 0) is 45.7 Å². The molecule has 0 radical (unpaired) electrons. The minimum Gasteiger partial charge on any atom is -0.373 e. The van der Waals surface area contributed by atoms with Crippen LogP contribution in [0.4, 0.5) is 0 Å². The number of rotatable bonds is 12. The third-order valence-corrected chi connectivity index (χ3v) is 9.28. The number of hydrogen-bond donors (Lipinski definition) is 1. The van der Waals surface area contributed by atoms with Crippen LogP contribution in [0, 0.1) is 0 Å². The van der Waals surface area contributed by atoms with Crippen molar-refractivity contribution < 1.29 is 27.3 Å². The van der Waals surface area contributed by atoms with E-state index in [9.17, 15) is 9.46 Å². The van der Waals surface area contributed by atoms with Gasteiger partial charge < -0.3 is 22.7 Å². The first kappa shape index (κ1) is 23.5. The van der Waals surface area contributed by atoms with Crippen LogP contribution < -0.4 is 5.30 Å². The van der Waals surface area contributed by atoms with Crippen LogP contribution in [0.5, 0.6) is 0 Å². The molecule has 1 aromatic rings. The van der Waals surface area contributed by atoms with Crippen molar-refractivity contribution in [2.24, 2.45) is 0 Å². The molecule has 0 aliphatic rings. The smallest absolute Gasteiger partial charge is 0.373 e. The zero-order valence-corrected chi connectivity index (χ0v) is 18.6. The molecule has 1 rings (SSSR count). The second-order valence-electron chi connectivity index (χ2n) is 6.03. The lowest BCUT2D eigenvalue weighted by atomic mass is 10.2. The van der Waals surface area contributed by atoms with Gasteiger partial charge in [-0.25, -0.2) is 0 Å². The fraction of sp³-hybridized carbons (Fsp3) is 0.667. The molecule has 150 valence electrons. The summed E-state index contributed by atoms with van der Waals surface area (Å²) in [7, 11) is -7.07. The lowest BCUT2D eigenvalue weighted by Gasteiger charge is -2.34. The predicted molar refractivity (Wildman–Crippen MR) is 106 cm³/mol. The minimum atomic E-state index is -3.98. The topological polar surface area (TPSA) is 74.2 Å². The van der Waals surface area contributed by atoms with Gasteiger partial charge >= 0.3 is 16.4 Å². The van der Waals surface area contributed by atoms with Crippen LogP contribution in [0.2, 0.25) is 0 Å². The first-order chi connectivity index (χ1) is 12.3. The van der Waals surface area contributed by atoms with Gasteiger partial charge in [-0.2, -0.15) is 0 Å². The molecule has 0 bridgehead atoms. The molecule has 0 amide bonds. The van der Waals surface area contributed by atoms with E-state index in [-0.39, 0.29) is 16.9 Å². The molecule has 1 aromatic carbocycles. The second-order valence-corrected chi connectivity index (χ2v) is 10.7. The summed E-state index contributed by atoms with van der Waals surface area (Å²) < 4.78 is 36.3. The van der Waals surface area contributed by atoms with Gasteiger partial charge in [0.05, 0.1) is 16.9 Å². The van der Waals surface area contributed by atoms with Crippen LogP contribution in [-0.2, 0) is 22.4 Å². The molecule has 8 heteroatoms. The minimum absolute atomic E-state index is 0.281. The molecule has 6 nitrogen and oxygen atoms in total. The Balaban J connectivity index is 3.38. The van der Waals surface area contributed by atoms with Crippen LogP contribution in [-0.4, -0.2) is 39.6 Å². The van der Waals surface area contributed by atoms with E-state index in [2.05, 4.69) is 0 Å². The molecule has 0 spiro atoms. The third-order valence-electron chi connectivity index (χ3n) is 4.17. The lowest BCUT2D eigenvalue weighted by Crippen LogP contribution is -2.52. The summed E-state index contributed by atoms with van der Waals surface area (Å²) in [6.45, 7) is 12.6. The Bertz CT molecular complexity index is 580. The van der Waals surface area contributed by atoms with Crippen molar-refractivity contribution >= 4 is 21.7 Å². The van der Waals surface area contributed by atoms with Gasteiger partial charge in [-0.3, -0.25) is 4.57 Å². The Kier molecular flexibility index (Phi) is 9.68. The Morgan fingerprint density at radius 2 is 1.50 bits per heavy atom. The quantitative estimate of drug-likeness (QED) is 0.419. The van der Waals surface area contributed by atoms with Gasteiger partial charge in [0.2, 0.25) is 0 Å². The van der Waals surface area contributed by atoms with Crippen molar-refractivity contribution in [1.82, 2.24) is 0 Å². The van der Waals surface area contributed by atoms with Crippen molar-refractivity contribution in [2.45, 2.75) is 59.6 Å². The van der Waals surface area contributed by atoms with Crippen LogP contribution >= 0.6 is 7.60 Å². The molecule has 26 heavy (non-hydrogen) atoms. The summed E-state index contributed by atoms with van der Waals surface area (Å²) >= 11 is 0. The Morgan fingerprint density at radius 3 is 1.96 bits per heavy atom. The van der Waals surface area contributed by atoms with Crippen LogP contribution in [0.25, 0.3) is 0 Å². The Labute approximate surface area is 158 Å². The van der Waals surface area contributed by atoms with E-state index < -0.39 is 16.4 Å². The Hall–Kier alpha value is -0.533. The van der Waals surface area contributed by atoms with E-state index in [4.69, 9.17) is 17.8 Å². The summed E-state index contributed by atoms with van der Waals surface area (Å²) in [4.78, 5) is 10.6. The summed E-state index contributed by atoms with van der Waals surface area (Å²) in [5.41, 5.74) is 0.364. The zero-order chi connectivity index (χ0) is 19.8. The summed E-state index contributed by atoms with van der Waals surface area (Å²) in [5, 5.41) is 0.281. The largest absolute Gasteiger partial charge is 0.508 e. The maximum Gasteiger partial charge on any atom is 0.508 e. The molecular weight excluding hydrogens is 371 g/mol. The average molecular weight is 405 g/mol. The van der Waals surface area contributed by atoms with Gasteiger partial charge in [0.15, 0.2) is 0 Å². The first-order valence-electron chi connectivity index (χ1n) is 9.30. The van der Waals surface area contributed by atoms with Crippen molar-refractivity contribution in [2.75, 3.05) is 19.8 Å². The van der Waals surface area contributed by atoms with Gasteiger partial charge in [0.25, 0.3) is 0 Å². The summed E-state index contributed by atoms with van der Waals surface area (Å²) in [5.74, 6) is 0. The SMILES string of the molecule is CCO[Si](OCC)(OCC)C(C)c1ccccc1P(=O)(O)OC(C)CC. The van der Waals surface area contributed by atoms with E-state index in [1.807, 2.05) is 46.8 Å². The van der Waals surface area contributed by atoms with Crippen molar-refractivity contribution in [3.8, 4) is 0 Å². The fourth-order valence-electron chi connectivity index (χ4n) is 2.78. The van der Waals surface area contributed by atoms with Crippen molar-refractivity contribution in [1.29, 1.82) is 0 Å². The van der Waals surface area contributed by atoms with E-state index in [0.717, 1.165) is 0 Å². The average Bonchev–Trinajstić information content (AvgIpc) is 2.61. The maximum absolute atomic E-state index is 12.9. The molecule has 0 saturated heterocycles. The van der Waals surface area contributed by atoms with Crippen molar-refractivity contribution in [3.05, 3.63) is 29.8 Å².